The number of hydrogen-bond acceptors (Lipinski definition) is 2. The summed E-state index contributed by atoms with van der Waals surface area (Å²) in [7, 11) is 0. The molecule has 21 heavy (non-hydrogen) atoms. The lowest BCUT2D eigenvalue weighted by Crippen LogP contribution is -2.51. The Hall–Kier alpha value is -1.26. The summed E-state index contributed by atoms with van der Waals surface area (Å²) in [6.45, 7) is 4.26. The smallest absolute Gasteiger partial charge is 0.323 e. The number of carboxylic acids is 1. The number of carbonyl (C=O) groups is 2. The van der Waals surface area contributed by atoms with E-state index in [1.54, 1.807) is 4.90 Å². The Bertz CT molecular complexity index is 370. The van der Waals surface area contributed by atoms with Crippen LogP contribution < -0.4 is 5.32 Å². The number of nitrogens with one attached hydrogen (secondary N) is 1. The molecule has 2 unspecified atom stereocenters. The molecule has 0 heterocycles. The number of carboxylic acid groups (broad SMARTS) is 1. The van der Waals surface area contributed by atoms with Gasteiger partial charge >= 0.3 is 12.0 Å². The number of rotatable bonds is 4. The van der Waals surface area contributed by atoms with Crippen molar-refractivity contribution in [3.63, 3.8) is 0 Å². The number of aliphatic carboxylic acids is 1. The summed E-state index contributed by atoms with van der Waals surface area (Å²) in [5, 5.41) is 12.1. The second kappa shape index (κ2) is 7.14. The fourth-order valence-corrected chi connectivity index (χ4v) is 4.05. The molecular formula is C16H28N2O3. The van der Waals surface area contributed by atoms with E-state index in [-0.39, 0.29) is 24.7 Å². The minimum absolute atomic E-state index is 0.0968. The summed E-state index contributed by atoms with van der Waals surface area (Å²) >= 11 is 0. The van der Waals surface area contributed by atoms with Gasteiger partial charge in [0.1, 0.15) is 6.54 Å². The lowest BCUT2D eigenvalue weighted by molar-refractivity contribution is -0.138. The van der Waals surface area contributed by atoms with E-state index in [1.165, 1.54) is 6.42 Å². The van der Waals surface area contributed by atoms with E-state index in [4.69, 9.17) is 5.11 Å². The molecule has 0 radical (unpaired) electrons. The molecule has 2 saturated carbocycles. The van der Waals surface area contributed by atoms with Gasteiger partial charge in [-0.3, -0.25) is 4.79 Å². The molecule has 0 aromatic rings. The van der Waals surface area contributed by atoms with Crippen molar-refractivity contribution in [3.05, 3.63) is 0 Å². The van der Waals surface area contributed by atoms with Crippen LogP contribution in [0.4, 0.5) is 4.79 Å². The first-order valence-electron chi connectivity index (χ1n) is 8.24. The maximum atomic E-state index is 12.5. The Labute approximate surface area is 127 Å². The standard InChI is InChI=1S/C16H28N2O3/c1-11-7-12(2)9-13(8-11)17-16(21)18(10-15(19)20)14-5-3-4-6-14/h11-14H,3-10H2,1-2H3,(H,17,21)(H,19,20). The van der Waals surface area contributed by atoms with Crippen LogP contribution in [-0.4, -0.2) is 40.6 Å². The van der Waals surface area contributed by atoms with Gasteiger partial charge in [-0.1, -0.05) is 26.7 Å². The van der Waals surface area contributed by atoms with Crippen LogP contribution >= 0.6 is 0 Å². The molecular weight excluding hydrogens is 268 g/mol. The number of hydrogen-bond donors (Lipinski definition) is 2. The summed E-state index contributed by atoms with van der Waals surface area (Å²) < 4.78 is 0. The van der Waals surface area contributed by atoms with Crippen molar-refractivity contribution < 1.29 is 14.7 Å². The molecule has 5 nitrogen and oxygen atoms in total. The van der Waals surface area contributed by atoms with Crippen LogP contribution in [-0.2, 0) is 4.79 Å². The highest BCUT2D eigenvalue weighted by Gasteiger charge is 2.31. The number of urea groups is 1. The van der Waals surface area contributed by atoms with Gasteiger partial charge in [0.05, 0.1) is 0 Å². The second-order valence-electron chi connectivity index (χ2n) is 7.02. The molecule has 2 atom stereocenters. The highest BCUT2D eigenvalue weighted by Crippen LogP contribution is 2.29. The topological polar surface area (TPSA) is 69.6 Å². The number of amides is 2. The van der Waals surface area contributed by atoms with Crippen LogP contribution in [0, 0.1) is 11.8 Å². The van der Waals surface area contributed by atoms with Crippen molar-refractivity contribution in [2.24, 2.45) is 11.8 Å². The summed E-state index contributed by atoms with van der Waals surface area (Å²) in [6, 6.07) is 0.101. The third-order valence-corrected chi connectivity index (χ3v) is 4.84. The summed E-state index contributed by atoms with van der Waals surface area (Å²) in [5.41, 5.74) is 0. The minimum Gasteiger partial charge on any atom is -0.480 e. The Balaban J connectivity index is 1.95. The Kier molecular flexibility index (Phi) is 5.48. The van der Waals surface area contributed by atoms with Gasteiger partial charge in [-0.25, -0.2) is 4.79 Å². The maximum Gasteiger partial charge on any atom is 0.323 e. The predicted octanol–water partition coefficient (Wildman–Crippen LogP) is 2.85. The summed E-state index contributed by atoms with van der Waals surface area (Å²) in [4.78, 5) is 25.1. The average molecular weight is 296 g/mol. The highest BCUT2D eigenvalue weighted by atomic mass is 16.4. The van der Waals surface area contributed by atoms with Gasteiger partial charge in [-0.15, -0.1) is 0 Å². The Morgan fingerprint density at radius 1 is 1.10 bits per heavy atom. The largest absolute Gasteiger partial charge is 0.480 e. The molecule has 2 fully saturated rings. The zero-order valence-corrected chi connectivity index (χ0v) is 13.2. The third kappa shape index (κ3) is 4.61. The molecule has 2 aliphatic carbocycles. The van der Waals surface area contributed by atoms with Gasteiger partial charge in [0.25, 0.3) is 0 Å². The van der Waals surface area contributed by atoms with Gasteiger partial charge < -0.3 is 15.3 Å². The Morgan fingerprint density at radius 3 is 2.19 bits per heavy atom. The molecule has 0 spiro atoms. The molecule has 0 bridgehead atoms. The zero-order chi connectivity index (χ0) is 15.4. The van der Waals surface area contributed by atoms with Gasteiger partial charge in [0.15, 0.2) is 0 Å². The van der Waals surface area contributed by atoms with Crippen LogP contribution in [0.15, 0.2) is 0 Å². The second-order valence-corrected chi connectivity index (χ2v) is 7.02. The third-order valence-electron chi connectivity index (χ3n) is 4.84. The van der Waals surface area contributed by atoms with E-state index in [1.807, 2.05) is 0 Å². The van der Waals surface area contributed by atoms with Crippen LogP contribution in [0.3, 0.4) is 0 Å². The molecule has 2 rings (SSSR count). The van der Waals surface area contributed by atoms with Crippen molar-refractivity contribution in [1.82, 2.24) is 10.2 Å². The average Bonchev–Trinajstić information content (AvgIpc) is 2.87. The SMILES string of the molecule is CC1CC(C)CC(NC(=O)N(CC(=O)O)C2CCCC2)C1. The molecule has 2 aliphatic rings. The molecule has 2 N–H and O–H groups in total. The van der Waals surface area contributed by atoms with Crippen LogP contribution in [0.5, 0.6) is 0 Å². The van der Waals surface area contributed by atoms with E-state index in [0.29, 0.717) is 11.8 Å². The van der Waals surface area contributed by atoms with Crippen molar-refractivity contribution >= 4 is 12.0 Å². The summed E-state index contributed by atoms with van der Waals surface area (Å²) in [5.74, 6) is 0.319. The quantitative estimate of drug-likeness (QED) is 0.838. The molecule has 2 amide bonds. The molecule has 0 aliphatic heterocycles. The van der Waals surface area contributed by atoms with Gasteiger partial charge in [-0.2, -0.15) is 0 Å². The van der Waals surface area contributed by atoms with Crippen LogP contribution in [0.2, 0.25) is 0 Å². The first-order valence-corrected chi connectivity index (χ1v) is 8.24. The lowest BCUT2D eigenvalue weighted by Gasteiger charge is -2.35. The zero-order valence-electron chi connectivity index (χ0n) is 13.2. The molecule has 120 valence electrons. The first-order chi connectivity index (χ1) is 9.95. The van der Waals surface area contributed by atoms with E-state index >= 15 is 0 Å². The molecule has 5 heteroatoms. The van der Waals surface area contributed by atoms with Crippen LogP contribution in [0.25, 0.3) is 0 Å². The van der Waals surface area contributed by atoms with E-state index in [0.717, 1.165) is 38.5 Å². The van der Waals surface area contributed by atoms with Crippen molar-refractivity contribution in [2.75, 3.05) is 6.54 Å². The maximum absolute atomic E-state index is 12.5. The van der Waals surface area contributed by atoms with E-state index in [9.17, 15) is 9.59 Å². The van der Waals surface area contributed by atoms with E-state index < -0.39 is 5.97 Å². The highest BCUT2D eigenvalue weighted by molar-refractivity contribution is 5.80. The van der Waals surface area contributed by atoms with Gasteiger partial charge in [-0.05, 0) is 43.9 Å². The first kappa shape index (κ1) is 16.1. The van der Waals surface area contributed by atoms with Crippen molar-refractivity contribution in [1.29, 1.82) is 0 Å². The number of carbonyl (C=O) groups excluding carboxylic acids is 1. The monoisotopic (exact) mass is 296 g/mol. The molecule has 0 aromatic heterocycles. The summed E-state index contributed by atoms with van der Waals surface area (Å²) in [6.07, 6.45) is 7.25. The molecule has 0 aromatic carbocycles. The fourth-order valence-electron chi connectivity index (χ4n) is 4.05. The Morgan fingerprint density at radius 2 is 1.67 bits per heavy atom. The lowest BCUT2D eigenvalue weighted by atomic mass is 9.80. The van der Waals surface area contributed by atoms with Crippen molar-refractivity contribution in [3.8, 4) is 0 Å². The number of nitrogens with zero attached hydrogens (tertiary/aromatic N) is 1. The minimum atomic E-state index is -0.928. The fraction of sp³-hybridized carbons (Fsp3) is 0.875. The molecule has 0 saturated heterocycles. The predicted molar refractivity (Wildman–Crippen MR) is 81.1 cm³/mol. The van der Waals surface area contributed by atoms with Gasteiger partial charge in [0.2, 0.25) is 0 Å². The van der Waals surface area contributed by atoms with Gasteiger partial charge in [0, 0.05) is 12.1 Å². The van der Waals surface area contributed by atoms with Crippen LogP contribution in [0.1, 0.15) is 58.8 Å². The normalized spacial score (nSPS) is 30.1. The van der Waals surface area contributed by atoms with E-state index in [2.05, 4.69) is 19.2 Å². The van der Waals surface area contributed by atoms with Crippen molar-refractivity contribution in [2.45, 2.75) is 70.9 Å².